The van der Waals surface area contributed by atoms with Crippen LogP contribution in [0.3, 0.4) is 0 Å². The first kappa shape index (κ1) is 14.4. The number of thioether (sulfide) groups is 1. The van der Waals surface area contributed by atoms with Gasteiger partial charge < -0.3 is 5.11 Å². The molecule has 0 radical (unpaired) electrons. The van der Waals surface area contributed by atoms with E-state index in [1.54, 1.807) is 0 Å². The Kier molecular flexibility index (Phi) is 5.05. The lowest BCUT2D eigenvalue weighted by Crippen LogP contribution is -2.01. The smallest absolute Gasteiger partial charge is 0.282 e. The Morgan fingerprint density at radius 2 is 2.00 bits per heavy atom. The van der Waals surface area contributed by atoms with Crippen molar-refractivity contribution in [2.45, 2.75) is 18.8 Å². The minimum atomic E-state index is -1.05. The summed E-state index contributed by atoms with van der Waals surface area (Å²) in [6.45, 7) is 1.92. The van der Waals surface area contributed by atoms with Crippen LogP contribution in [0.25, 0.3) is 0 Å². The third kappa shape index (κ3) is 3.41. The van der Waals surface area contributed by atoms with Gasteiger partial charge in [-0.05, 0) is 18.2 Å². The van der Waals surface area contributed by atoms with E-state index in [4.69, 9.17) is 0 Å². The number of non-ortho nitro benzene ring substituents is 1. The minimum absolute atomic E-state index is 0.0871. The van der Waals surface area contributed by atoms with Crippen LogP contribution in [-0.4, -0.2) is 20.7 Å². The summed E-state index contributed by atoms with van der Waals surface area (Å²) in [5.74, 6) is 0.648. The molecule has 0 aliphatic carbocycles. The molecule has 0 saturated heterocycles. The summed E-state index contributed by atoms with van der Waals surface area (Å²) in [6.07, 6.45) is 0.822. The molecule has 0 spiro atoms. The molecule has 0 aliphatic rings. The first-order valence-corrected chi connectivity index (χ1v) is 6.24. The highest BCUT2D eigenvalue weighted by Gasteiger charge is 2.24. The minimum Gasteiger partial charge on any atom is -0.378 e. The highest BCUT2D eigenvalue weighted by Crippen LogP contribution is 2.35. The van der Waals surface area contributed by atoms with Crippen molar-refractivity contribution in [2.24, 2.45) is 0 Å². The number of nitrogens with zero attached hydrogens (tertiary/aromatic N) is 2. The van der Waals surface area contributed by atoms with Gasteiger partial charge in [0.05, 0.1) is 21.5 Å². The van der Waals surface area contributed by atoms with E-state index in [0.29, 0.717) is 5.75 Å². The van der Waals surface area contributed by atoms with E-state index in [9.17, 15) is 25.3 Å². The summed E-state index contributed by atoms with van der Waals surface area (Å²) in [7, 11) is 0. The molecule has 1 aromatic carbocycles. The summed E-state index contributed by atoms with van der Waals surface area (Å²) in [4.78, 5) is 20.0. The number of rotatable bonds is 6. The predicted molar refractivity (Wildman–Crippen MR) is 67.5 cm³/mol. The first-order chi connectivity index (χ1) is 8.47. The molecule has 0 aromatic heterocycles. The Balaban J connectivity index is 3.11. The first-order valence-electron chi connectivity index (χ1n) is 5.19. The normalized spacial score (nSPS) is 12.1. The molecule has 0 heterocycles. The Hall–Kier alpha value is -1.67. The second-order valence-corrected chi connectivity index (χ2v) is 4.67. The fraction of sp³-hybridized carbons (Fsp3) is 0.400. The summed E-state index contributed by atoms with van der Waals surface area (Å²) in [5, 5.41) is 31.2. The Morgan fingerprint density at radius 1 is 1.33 bits per heavy atom. The number of hydrogen-bond acceptors (Lipinski definition) is 6. The van der Waals surface area contributed by atoms with Gasteiger partial charge in [0.2, 0.25) is 0 Å². The van der Waals surface area contributed by atoms with Crippen molar-refractivity contribution in [3.63, 3.8) is 0 Å². The van der Waals surface area contributed by atoms with Crippen molar-refractivity contribution in [1.29, 1.82) is 0 Å². The zero-order valence-electron chi connectivity index (χ0n) is 9.61. The number of nitro groups is 2. The van der Waals surface area contributed by atoms with Crippen molar-refractivity contribution in [2.75, 3.05) is 5.75 Å². The molecule has 1 unspecified atom stereocenters. The number of benzene rings is 1. The number of aliphatic hydroxyl groups excluding tert-OH is 1. The van der Waals surface area contributed by atoms with E-state index in [2.05, 4.69) is 0 Å². The molecule has 1 rings (SSSR count). The number of hydrogen-bond donors (Lipinski definition) is 1. The zero-order chi connectivity index (χ0) is 13.7. The molecule has 18 heavy (non-hydrogen) atoms. The van der Waals surface area contributed by atoms with Crippen LogP contribution in [0.15, 0.2) is 18.2 Å². The van der Waals surface area contributed by atoms with Gasteiger partial charge in [-0.1, -0.05) is 6.92 Å². The lowest BCUT2D eigenvalue weighted by molar-refractivity contribution is -0.394. The van der Waals surface area contributed by atoms with E-state index in [1.807, 2.05) is 6.92 Å². The van der Waals surface area contributed by atoms with Crippen molar-refractivity contribution < 1.29 is 15.0 Å². The molecule has 7 nitrogen and oxygen atoms in total. The van der Waals surface area contributed by atoms with Crippen LogP contribution in [0.1, 0.15) is 24.3 Å². The van der Waals surface area contributed by atoms with Gasteiger partial charge in [-0.15, -0.1) is 11.8 Å². The highest BCUT2D eigenvalue weighted by molar-refractivity contribution is 7.99. The van der Waals surface area contributed by atoms with Gasteiger partial charge in [-0.25, -0.2) is 0 Å². The van der Waals surface area contributed by atoms with E-state index < -0.39 is 21.0 Å². The Morgan fingerprint density at radius 3 is 2.50 bits per heavy atom. The van der Waals surface area contributed by atoms with Crippen molar-refractivity contribution in [1.82, 2.24) is 0 Å². The van der Waals surface area contributed by atoms with Crippen LogP contribution < -0.4 is 0 Å². The Labute approximate surface area is 107 Å². The molecular weight excluding hydrogens is 260 g/mol. The van der Waals surface area contributed by atoms with Gasteiger partial charge in [0.1, 0.15) is 5.44 Å². The summed E-state index contributed by atoms with van der Waals surface area (Å²) >= 11 is 1.16. The van der Waals surface area contributed by atoms with Gasteiger partial charge in [0, 0.05) is 6.07 Å². The molecule has 0 fully saturated rings. The number of aliphatic hydroxyl groups is 1. The van der Waals surface area contributed by atoms with Gasteiger partial charge in [0.25, 0.3) is 11.4 Å². The monoisotopic (exact) mass is 272 g/mol. The molecule has 0 saturated carbocycles. The molecule has 1 N–H and O–H groups in total. The molecule has 8 heteroatoms. The van der Waals surface area contributed by atoms with Gasteiger partial charge in [0.15, 0.2) is 0 Å². The maximum Gasteiger partial charge on any atom is 0.282 e. The lowest BCUT2D eigenvalue weighted by atomic mass is 10.1. The Bertz CT molecular complexity index is 466. The van der Waals surface area contributed by atoms with Crippen LogP contribution in [0.4, 0.5) is 11.4 Å². The van der Waals surface area contributed by atoms with Crippen LogP contribution in [0, 0.1) is 20.2 Å². The number of nitro benzene ring substituents is 2. The summed E-state index contributed by atoms with van der Waals surface area (Å²) in [6, 6.07) is 3.24. The van der Waals surface area contributed by atoms with Crippen LogP contribution in [0.2, 0.25) is 0 Å². The third-order valence-electron chi connectivity index (χ3n) is 2.17. The van der Waals surface area contributed by atoms with E-state index in [1.165, 1.54) is 6.07 Å². The molecule has 98 valence electrons. The quantitative estimate of drug-likeness (QED) is 0.484. The molecule has 1 atom stereocenters. The molecular formula is C10H12N2O5S. The lowest BCUT2D eigenvalue weighted by Gasteiger charge is -2.10. The van der Waals surface area contributed by atoms with Crippen molar-refractivity contribution in [3.05, 3.63) is 44.0 Å². The second-order valence-electron chi connectivity index (χ2n) is 3.48. The van der Waals surface area contributed by atoms with Crippen LogP contribution in [-0.2, 0) is 0 Å². The van der Waals surface area contributed by atoms with E-state index >= 15 is 0 Å². The van der Waals surface area contributed by atoms with Gasteiger partial charge >= 0.3 is 0 Å². The van der Waals surface area contributed by atoms with Gasteiger partial charge in [-0.2, -0.15) is 0 Å². The van der Waals surface area contributed by atoms with Gasteiger partial charge in [-0.3, -0.25) is 20.2 Å². The van der Waals surface area contributed by atoms with Crippen molar-refractivity contribution in [3.8, 4) is 0 Å². The average Bonchev–Trinajstić information content (AvgIpc) is 2.34. The van der Waals surface area contributed by atoms with Crippen molar-refractivity contribution >= 4 is 23.1 Å². The highest BCUT2D eigenvalue weighted by atomic mass is 32.2. The summed E-state index contributed by atoms with van der Waals surface area (Å²) < 4.78 is 0. The fourth-order valence-corrected chi connectivity index (χ4v) is 2.17. The molecule has 0 aliphatic heterocycles. The average molecular weight is 272 g/mol. The SMILES string of the molecule is CCCSC(O)c1ccc([N+](=O)[O-])cc1[N+](=O)[O-]. The molecule has 0 amide bonds. The third-order valence-corrected chi connectivity index (χ3v) is 3.38. The topological polar surface area (TPSA) is 107 Å². The second kappa shape index (κ2) is 6.31. The molecule has 1 aromatic rings. The maximum absolute atomic E-state index is 10.8. The zero-order valence-corrected chi connectivity index (χ0v) is 10.4. The van der Waals surface area contributed by atoms with Crippen LogP contribution in [0.5, 0.6) is 0 Å². The summed E-state index contributed by atoms with van der Waals surface area (Å²) in [5.41, 5.74) is -1.76. The maximum atomic E-state index is 10.8. The predicted octanol–water partition coefficient (Wildman–Crippen LogP) is 2.64. The van der Waals surface area contributed by atoms with Crippen LogP contribution >= 0.6 is 11.8 Å². The van der Waals surface area contributed by atoms with E-state index in [0.717, 1.165) is 30.3 Å². The molecule has 0 bridgehead atoms. The van der Waals surface area contributed by atoms with E-state index in [-0.39, 0.29) is 11.3 Å². The largest absolute Gasteiger partial charge is 0.378 e. The standard InChI is InChI=1S/C10H12N2O5S/c1-2-5-18-10(13)8-4-3-7(11(14)15)6-9(8)12(16)17/h3-4,6,10,13H,2,5H2,1H3. The fourth-order valence-electron chi connectivity index (χ4n) is 1.33.